The number of hydroxylamine groups is 3. The summed E-state index contributed by atoms with van der Waals surface area (Å²) in [5, 5.41) is 20.7. The molecular formula is C9H16N2O2. The number of likely N-dealkylation sites (N-methyl/N-ethyl adjacent to an activating group) is 1. The molecular weight excluding hydrogens is 168 g/mol. The van der Waals surface area contributed by atoms with E-state index in [9.17, 15) is 5.21 Å². The third-order valence-electron chi connectivity index (χ3n) is 2.51. The maximum absolute atomic E-state index is 11.8. The minimum atomic E-state index is -0.548. The number of quaternary nitrogens is 1. The molecule has 0 amide bonds. The van der Waals surface area contributed by atoms with E-state index in [2.05, 4.69) is 6.07 Å². The fourth-order valence-electron chi connectivity index (χ4n) is 1.70. The Morgan fingerprint density at radius 3 is 2.92 bits per heavy atom. The highest BCUT2D eigenvalue weighted by Crippen LogP contribution is 2.22. The lowest BCUT2D eigenvalue weighted by Crippen LogP contribution is -2.58. The Labute approximate surface area is 78.9 Å². The van der Waals surface area contributed by atoms with Gasteiger partial charge in [0.05, 0.1) is 13.7 Å². The molecule has 0 aromatic rings. The highest BCUT2D eigenvalue weighted by molar-refractivity contribution is 4.93. The molecule has 4 heteroatoms. The molecule has 0 aromatic heterocycles. The molecule has 13 heavy (non-hydrogen) atoms. The Hall–Kier alpha value is -0.630. The number of rotatable bonds is 2. The van der Waals surface area contributed by atoms with E-state index in [1.54, 1.807) is 7.05 Å². The highest BCUT2D eigenvalue weighted by Gasteiger charge is 2.37. The number of hydrogen-bond donors (Lipinski definition) is 0. The molecule has 74 valence electrons. The van der Waals surface area contributed by atoms with Gasteiger partial charge in [0.15, 0.2) is 0 Å². The van der Waals surface area contributed by atoms with Crippen LogP contribution in [0.15, 0.2) is 0 Å². The fourth-order valence-corrected chi connectivity index (χ4v) is 1.70. The molecule has 3 unspecified atom stereocenters. The van der Waals surface area contributed by atoms with Crippen molar-refractivity contribution < 1.29 is 9.38 Å². The molecule has 0 aliphatic carbocycles. The smallest absolute Gasteiger partial charge is 0.202 e. The second-order valence-corrected chi connectivity index (χ2v) is 3.67. The predicted octanol–water partition coefficient (Wildman–Crippen LogP) is 1.02. The quantitative estimate of drug-likeness (QED) is 0.475. The van der Waals surface area contributed by atoms with Gasteiger partial charge in [-0.25, -0.2) is 0 Å². The Kier molecular flexibility index (Phi) is 3.26. The number of morpholine rings is 1. The number of ether oxygens (including phenoxy) is 1. The lowest BCUT2D eigenvalue weighted by Gasteiger charge is -2.48. The van der Waals surface area contributed by atoms with Crippen molar-refractivity contribution in [2.45, 2.75) is 31.9 Å². The van der Waals surface area contributed by atoms with Gasteiger partial charge in [-0.3, -0.25) is 0 Å². The van der Waals surface area contributed by atoms with Gasteiger partial charge in [-0.1, -0.05) is 13.3 Å². The summed E-state index contributed by atoms with van der Waals surface area (Å²) in [6.07, 6.45) is 1.57. The lowest BCUT2D eigenvalue weighted by atomic mass is 10.0. The first kappa shape index (κ1) is 10.5. The van der Waals surface area contributed by atoms with Crippen molar-refractivity contribution in [1.82, 2.24) is 0 Å². The van der Waals surface area contributed by atoms with Crippen LogP contribution in [-0.4, -0.2) is 37.0 Å². The molecule has 0 radical (unpaired) electrons. The summed E-state index contributed by atoms with van der Waals surface area (Å²) >= 11 is 0. The second kappa shape index (κ2) is 4.05. The lowest BCUT2D eigenvalue weighted by molar-refractivity contribution is -0.891. The molecule has 0 saturated carbocycles. The first-order valence-corrected chi connectivity index (χ1v) is 4.69. The second-order valence-electron chi connectivity index (χ2n) is 3.67. The van der Waals surface area contributed by atoms with Crippen LogP contribution < -0.4 is 0 Å². The maximum Gasteiger partial charge on any atom is 0.202 e. The number of nitrogens with zero attached hydrogens (tertiary/aromatic N) is 2. The third-order valence-corrected chi connectivity index (χ3v) is 2.51. The van der Waals surface area contributed by atoms with Crippen molar-refractivity contribution in [1.29, 1.82) is 5.26 Å². The van der Waals surface area contributed by atoms with E-state index in [-0.39, 0.29) is 6.10 Å². The summed E-state index contributed by atoms with van der Waals surface area (Å²) in [6.45, 7) is 2.89. The van der Waals surface area contributed by atoms with Gasteiger partial charge in [-0.15, -0.1) is 0 Å². The number of hydrogen-bond acceptors (Lipinski definition) is 3. The molecule has 0 spiro atoms. The van der Waals surface area contributed by atoms with Gasteiger partial charge in [0.1, 0.15) is 18.7 Å². The molecule has 0 aromatic carbocycles. The SMILES string of the molecule is CCCC1OCC[N+](C)([O-])C1C#N. The van der Waals surface area contributed by atoms with E-state index in [0.29, 0.717) is 13.2 Å². The first-order chi connectivity index (χ1) is 6.11. The minimum Gasteiger partial charge on any atom is -0.632 e. The van der Waals surface area contributed by atoms with Gasteiger partial charge in [0, 0.05) is 0 Å². The van der Waals surface area contributed by atoms with Crippen LogP contribution in [0.2, 0.25) is 0 Å². The average molecular weight is 184 g/mol. The van der Waals surface area contributed by atoms with E-state index >= 15 is 0 Å². The summed E-state index contributed by atoms with van der Waals surface area (Å²) < 4.78 is 4.95. The van der Waals surface area contributed by atoms with Gasteiger partial charge in [-0.2, -0.15) is 5.26 Å². The third kappa shape index (κ3) is 2.19. The van der Waals surface area contributed by atoms with Crippen LogP contribution in [0.3, 0.4) is 0 Å². The summed E-state index contributed by atoms with van der Waals surface area (Å²) in [5.41, 5.74) is 0. The molecule has 0 N–H and O–H groups in total. The summed E-state index contributed by atoms with van der Waals surface area (Å²) in [6, 6.07) is 1.52. The molecule has 3 atom stereocenters. The van der Waals surface area contributed by atoms with Crippen molar-refractivity contribution >= 4 is 0 Å². The van der Waals surface area contributed by atoms with E-state index in [1.165, 1.54) is 0 Å². The molecule has 1 saturated heterocycles. The summed E-state index contributed by atoms with van der Waals surface area (Å²) in [5.74, 6) is 0. The van der Waals surface area contributed by atoms with E-state index in [0.717, 1.165) is 12.8 Å². The van der Waals surface area contributed by atoms with Crippen molar-refractivity contribution in [2.24, 2.45) is 0 Å². The van der Waals surface area contributed by atoms with E-state index in [1.807, 2.05) is 6.92 Å². The number of nitriles is 1. The minimum absolute atomic E-state index is 0.175. The van der Waals surface area contributed by atoms with Crippen molar-refractivity contribution in [3.8, 4) is 6.07 Å². The van der Waals surface area contributed by atoms with Crippen LogP contribution >= 0.6 is 0 Å². The summed E-state index contributed by atoms with van der Waals surface area (Å²) in [7, 11) is 1.55. The van der Waals surface area contributed by atoms with Crippen LogP contribution in [0.4, 0.5) is 0 Å². The zero-order valence-electron chi connectivity index (χ0n) is 8.19. The molecule has 1 heterocycles. The van der Waals surface area contributed by atoms with Crippen molar-refractivity contribution in [3.05, 3.63) is 5.21 Å². The largest absolute Gasteiger partial charge is 0.632 e. The fraction of sp³-hybridized carbons (Fsp3) is 0.889. The zero-order chi connectivity index (χ0) is 9.90. The Bertz CT molecular complexity index is 208. The summed E-state index contributed by atoms with van der Waals surface area (Å²) in [4.78, 5) is 0. The van der Waals surface area contributed by atoms with Crippen LogP contribution in [-0.2, 0) is 4.74 Å². The Morgan fingerprint density at radius 2 is 2.38 bits per heavy atom. The molecule has 4 nitrogen and oxygen atoms in total. The van der Waals surface area contributed by atoms with E-state index in [4.69, 9.17) is 10.00 Å². The van der Waals surface area contributed by atoms with Gasteiger partial charge < -0.3 is 14.6 Å². The molecule has 1 aliphatic rings. The first-order valence-electron chi connectivity index (χ1n) is 4.69. The van der Waals surface area contributed by atoms with E-state index < -0.39 is 10.7 Å². The molecule has 1 rings (SSSR count). The van der Waals surface area contributed by atoms with Crippen LogP contribution in [0.25, 0.3) is 0 Å². The highest BCUT2D eigenvalue weighted by atomic mass is 16.6. The molecule has 1 aliphatic heterocycles. The maximum atomic E-state index is 11.8. The topological polar surface area (TPSA) is 56.1 Å². The average Bonchev–Trinajstić information content (AvgIpc) is 2.04. The monoisotopic (exact) mass is 184 g/mol. The zero-order valence-corrected chi connectivity index (χ0v) is 8.19. The standard InChI is InChI=1S/C9H16N2O2/c1-3-4-9-8(7-10)11(2,12)5-6-13-9/h8-9H,3-6H2,1-2H3. The van der Waals surface area contributed by atoms with Gasteiger partial charge in [0.2, 0.25) is 6.04 Å². The van der Waals surface area contributed by atoms with Crippen LogP contribution in [0.1, 0.15) is 19.8 Å². The van der Waals surface area contributed by atoms with Gasteiger partial charge >= 0.3 is 0 Å². The normalized spacial score (nSPS) is 39.8. The van der Waals surface area contributed by atoms with Crippen LogP contribution in [0.5, 0.6) is 0 Å². The molecule has 1 fully saturated rings. The Balaban J connectivity index is 2.69. The molecule has 0 bridgehead atoms. The Morgan fingerprint density at radius 1 is 1.69 bits per heavy atom. The predicted molar refractivity (Wildman–Crippen MR) is 48.5 cm³/mol. The van der Waals surface area contributed by atoms with Crippen molar-refractivity contribution in [2.75, 3.05) is 20.2 Å². The van der Waals surface area contributed by atoms with Gasteiger partial charge in [-0.05, 0) is 6.42 Å². The van der Waals surface area contributed by atoms with Crippen molar-refractivity contribution in [3.63, 3.8) is 0 Å². The van der Waals surface area contributed by atoms with Gasteiger partial charge in [0.25, 0.3) is 0 Å². The van der Waals surface area contributed by atoms with Crippen LogP contribution in [0, 0.1) is 16.5 Å².